The molecule has 0 bridgehead atoms. The molecule has 2 aromatic rings. The summed E-state index contributed by atoms with van der Waals surface area (Å²) in [5.74, 6) is -0.197. The van der Waals surface area contributed by atoms with Gasteiger partial charge in [0.05, 0.1) is 11.6 Å². The summed E-state index contributed by atoms with van der Waals surface area (Å²) in [6.07, 6.45) is 0. The molecule has 3 N–H and O–H groups in total. The van der Waals surface area contributed by atoms with Crippen molar-refractivity contribution in [1.82, 2.24) is 5.32 Å². The zero-order valence-electron chi connectivity index (χ0n) is 12.4. The minimum Gasteiger partial charge on any atom is -0.398 e. The van der Waals surface area contributed by atoms with Crippen molar-refractivity contribution in [1.29, 1.82) is 0 Å². The van der Waals surface area contributed by atoms with E-state index in [2.05, 4.69) is 23.5 Å². The zero-order chi connectivity index (χ0) is 15.6. The molecular weight excluding hydrogens is 284 g/mol. The smallest absolute Gasteiger partial charge is 0.253 e. The number of carbonyl (C=O) groups is 1. The fourth-order valence-electron chi connectivity index (χ4n) is 2.32. The van der Waals surface area contributed by atoms with Gasteiger partial charge >= 0.3 is 0 Å². The van der Waals surface area contributed by atoms with Crippen molar-refractivity contribution >= 4 is 23.2 Å². The molecule has 2 rings (SSSR count). The van der Waals surface area contributed by atoms with Crippen LogP contribution in [0.1, 0.15) is 40.0 Å². The van der Waals surface area contributed by atoms with E-state index in [4.69, 9.17) is 17.3 Å². The van der Waals surface area contributed by atoms with Gasteiger partial charge in [-0.3, -0.25) is 4.79 Å². The molecule has 4 heteroatoms. The maximum atomic E-state index is 12.3. The van der Waals surface area contributed by atoms with Crippen molar-refractivity contribution in [2.75, 3.05) is 5.73 Å². The number of aryl methyl sites for hydroxylation is 2. The highest BCUT2D eigenvalue weighted by Crippen LogP contribution is 2.22. The summed E-state index contributed by atoms with van der Waals surface area (Å²) < 4.78 is 0. The lowest BCUT2D eigenvalue weighted by molar-refractivity contribution is 0.0940. The zero-order valence-corrected chi connectivity index (χ0v) is 13.2. The van der Waals surface area contributed by atoms with E-state index in [1.54, 1.807) is 18.2 Å². The first-order valence-corrected chi connectivity index (χ1v) is 7.19. The number of amides is 1. The second kappa shape index (κ2) is 6.19. The second-order valence-electron chi connectivity index (χ2n) is 5.29. The number of hydrogen-bond donors (Lipinski definition) is 2. The van der Waals surface area contributed by atoms with E-state index in [-0.39, 0.29) is 11.9 Å². The summed E-state index contributed by atoms with van der Waals surface area (Å²) in [6, 6.07) is 11.0. The van der Waals surface area contributed by atoms with Crippen LogP contribution in [-0.4, -0.2) is 5.91 Å². The first-order valence-electron chi connectivity index (χ1n) is 6.81. The minimum atomic E-state index is -0.197. The Morgan fingerprint density at radius 2 is 1.90 bits per heavy atom. The molecule has 2 aromatic carbocycles. The molecule has 1 atom stereocenters. The highest BCUT2D eigenvalue weighted by molar-refractivity contribution is 6.31. The third-order valence-corrected chi connectivity index (χ3v) is 3.74. The van der Waals surface area contributed by atoms with Gasteiger partial charge in [0.15, 0.2) is 0 Å². The van der Waals surface area contributed by atoms with Gasteiger partial charge in [0, 0.05) is 10.7 Å². The van der Waals surface area contributed by atoms with Crippen LogP contribution in [0, 0.1) is 13.8 Å². The molecule has 1 amide bonds. The van der Waals surface area contributed by atoms with Gasteiger partial charge in [-0.1, -0.05) is 35.4 Å². The minimum absolute atomic E-state index is 0.0903. The van der Waals surface area contributed by atoms with Crippen molar-refractivity contribution in [3.63, 3.8) is 0 Å². The summed E-state index contributed by atoms with van der Waals surface area (Å²) in [5, 5.41) is 3.50. The summed E-state index contributed by atoms with van der Waals surface area (Å²) in [6.45, 7) is 6.04. The van der Waals surface area contributed by atoms with E-state index in [1.807, 2.05) is 20.8 Å². The van der Waals surface area contributed by atoms with Gasteiger partial charge < -0.3 is 11.1 Å². The summed E-state index contributed by atoms with van der Waals surface area (Å²) >= 11 is 5.85. The van der Waals surface area contributed by atoms with E-state index < -0.39 is 0 Å². The highest BCUT2D eigenvalue weighted by atomic mass is 35.5. The Bertz CT molecular complexity index is 682. The van der Waals surface area contributed by atoms with Crippen LogP contribution >= 0.6 is 11.6 Å². The number of nitrogen functional groups attached to an aromatic ring is 1. The van der Waals surface area contributed by atoms with Crippen LogP contribution < -0.4 is 11.1 Å². The normalized spacial score (nSPS) is 12.0. The lowest BCUT2D eigenvalue weighted by atomic mass is 9.99. The molecular formula is C17H19ClN2O. The van der Waals surface area contributed by atoms with Crippen LogP contribution in [0.4, 0.5) is 5.69 Å². The van der Waals surface area contributed by atoms with Gasteiger partial charge in [-0.2, -0.15) is 0 Å². The first-order chi connectivity index (χ1) is 9.88. The summed E-state index contributed by atoms with van der Waals surface area (Å²) in [5.41, 5.74) is 10.1. The number of rotatable bonds is 3. The number of nitrogens with one attached hydrogen (secondary N) is 1. The fraction of sp³-hybridized carbons (Fsp3) is 0.235. The van der Waals surface area contributed by atoms with Crippen LogP contribution in [0.3, 0.4) is 0 Å². The Morgan fingerprint density at radius 3 is 2.57 bits per heavy atom. The molecule has 0 aliphatic carbocycles. The Morgan fingerprint density at radius 1 is 1.19 bits per heavy atom. The molecule has 0 radical (unpaired) electrons. The molecule has 110 valence electrons. The number of halogens is 1. The second-order valence-corrected chi connectivity index (χ2v) is 5.72. The topological polar surface area (TPSA) is 55.1 Å². The van der Waals surface area contributed by atoms with Crippen molar-refractivity contribution < 1.29 is 4.79 Å². The van der Waals surface area contributed by atoms with Gasteiger partial charge in [-0.15, -0.1) is 0 Å². The van der Waals surface area contributed by atoms with Gasteiger partial charge in [0.2, 0.25) is 0 Å². The van der Waals surface area contributed by atoms with Gasteiger partial charge in [-0.25, -0.2) is 0 Å². The highest BCUT2D eigenvalue weighted by Gasteiger charge is 2.15. The number of nitrogens with two attached hydrogens (primary N) is 1. The lowest BCUT2D eigenvalue weighted by Gasteiger charge is -2.18. The molecule has 3 nitrogen and oxygen atoms in total. The monoisotopic (exact) mass is 302 g/mol. The Labute approximate surface area is 130 Å². The van der Waals surface area contributed by atoms with Crippen molar-refractivity contribution in [2.45, 2.75) is 26.8 Å². The van der Waals surface area contributed by atoms with Gasteiger partial charge in [0.25, 0.3) is 5.91 Å². The van der Waals surface area contributed by atoms with Gasteiger partial charge in [-0.05, 0) is 50.1 Å². The van der Waals surface area contributed by atoms with Gasteiger partial charge in [0.1, 0.15) is 0 Å². The van der Waals surface area contributed by atoms with Crippen molar-refractivity contribution in [3.8, 4) is 0 Å². The molecule has 0 saturated carbocycles. The molecule has 0 aromatic heterocycles. The predicted octanol–water partition coefficient (Wildman–Crippen LogP) is 4.03. The average molecular weight is 303 g/mol. The molecule has 0 saturated heterocycles. The van der Waals surface area contributed by atoms with E-state index in [1.165, 1.54) is 5.56 Å². The molecule has 0 aliphatic rings. The van der Waals surface area contributed by atoms with Crippen LogP contribution in [0.25, 0.3) is 0 Å². The first kappa shape index (κ1) is 15.4. The maximum absolute atomic E-state index is 12.3. The number of hydrogen-bond acceptors (Lipinski definition) is 2. The summed E-state index contributed by atoms with van der Waals surface area (Å²) in [7, 11) is 0. The molecule has 0 heterocycles. The predicted molar refractivity (Wildman–Crippen MR) is 87.7 cm³/mol. The quantitative estimate of drug-likeness (QED) is 0.841. The molecule has 0 aliphatic heterocycles. The van der Waals surface area contributed by atoms with E-state index >= 15 is 0 Å². The maximum Gasteiger partial charge on any atom is 0.253 e. The third kappa shape index (κ3) is 3.56. The largest absolute Gasteiger partial charge is 0.398 e. The third-order valence-electron chi connectivity index (χ3n) is 3.51. The van der Waals surface area contributed by atoms with Crippen LogP contribution in [0.2, 0.25) is 5.02 Å². The van der Waals surface area contributed by atoms with Crippen LogP contribution in [0.15, 0.2) is 36.4 Å². The fourth-order valence-corrected chi connectivity index (χ4v) is 2.50. The number of anilines is 1. The number of carbonyl (C=O) groups excluding carboxylic acids is 1. The van der Waals surface area contributed by atoms with E-state index in [0.29, 0.717) is 16.3 Å². The summed E-state index contributed by atoms with van der Waals surface area (Å²) in [4.78, 5) is 12.3. The standard InChI is InChI=1S/C17H19ClN2O/c1-10-4-5-11(2)15(8-10)12(3)20-17(21)14-7-6-13(18)9-16(14)19/h4-9,12H,19H2,1-3H3,(H,20,21). The van der Waals surface area contributed by atoms with E-state index in [0.717, 1.165) is 11.1 Å². The Kier molecular flexibility index (Phi) is 4.53. The van der Waals surface area contributed by atoms with Crippen LogP contribution in [0.5, 0.6) is 0 Å². The average Bonchev–Trinajstić information content (AvgIpc) is 2.41. The van der Waals surface area contributed by atoms with Crippen molar-refractivity contribution in [2.24, 2.45) is 0 Å². The lowest BCUT2D eigenvalue weighted by Crippen LogP contribution is -2.27. The van der Waals surface area contributed by atoms with E-state index in [9.17, 15) is 4.79 Å². The molecule has 0 fully saturated rings. The molecule has 0 spiro atoms. The Balaban J connectivity index is 2.20. The molecule has 1 unspecified atom stereocenters. The van der Waals surface area contributed by atoms with Crippen LogP contribution in [-0.2, 0) is 0 Å². The SMILES string of the molecule is Cc1ccc(C)c(C(C)NC(=O)c2ccc(Cl)cc2N)c1. The Hall–Kier alpha value is -2.00. The number of benzene rings is 2. The molecule has 21 heavy (non-hydrogen) atoms. The van der Waals surface area contributed by atoms with Crippen molar-refractivity contribution in [3.05, 3.63) is 63.7 Å².